The van der Waals surface area contributed by atoms with E-state index >= 15 is 0 Å². The van der Waals surface area contributed by atoms with Crippen molar-refractivity contribution < 1.29 is 56.3 Å². The highest BCUT2D eigenvalue weighted by Crippen LogP contribution is 2.35. The molecule has 3 heterocycles. The predicted molar refractivity (Wildman–Crippen MR) is 189 cm³/mol. The topological polar surface area (TPSA) is 180 Å². The SMILES string of the molecule is COC(=O)NCc1ccc(Oc2ccc(C[C@H](NC(=O)O[C@H]3CO[C@H]4OCC[C@H]43)[C@H](O)CN(CC(C)C)S(=O)(=O)c3ccc4c(c3)OCO4)cc2)cc1. The quantitative estimate of drug-likeness (QED) is 0.202. The minimum atomic E-state index is -4.10. The zero-order valence-corrected chi connectivity index (χ0v) is 30.6. The maximum absolute atomic E-state index is 14.0. The fourth-order valence-electron chi connectivity index (χ4n) is 6.36. The Morgan fingerprint density at radius 1 is 0.925 bits per heavy atom. The summed E-state index contributed by atoms with van der Waals surface area (Å²) < 4.78 is 67.4. The summed E-state index contributed by atoms with van der Waals surface area (Å²) in [5, 5.41) is 17.1. The third kappa shape index (κ3) is 9.69. The lowest BCUT2D eigenvalue weighted by atomic mass is 10.0. The highest BCUT2D eigenvalue weighted by molar-refractivity contribution is 7.89. The second-order valence-corrected chi connectivity index (χ2v) is 15.4. The molecule has 0 spiro atoms. The molecule has 2 fully saturated rings. The number of aliphatic hydroxyl groups is 1. The lowest BCUT2D eigenvalue weighted by Gasteiger charge is -2.31. The number of fused-ring (bicyclic) bond motifs is 2. The molecule has 3 N–H and O–H groups in total. The van der Waals surface area contributed by atoms with Crippen molar-refractivity contribution in [3.63, 3.8) is 0 Å². The molecular weight excluding hydrogens is 710 g/mol. The van der Waals surface area contributed by atoms with Crippen molar-refractivity contribution in [3.8, 4) is 23.0 Å². The molecule has 2 saturated heterocycles. The molecule has 3 aromatic rings. The van der Waals surface area contributed by atoms with E-state index in [0.29, 0.717) is 42.6 Å². The molecule has 6 rings (SSSR count). The Kier molecular flexibility index (Phi) is 12.2. The van der Waals surface area contributed by atoms with Crippen LogP contribution in [0.1, 0.15) is 31.4 Å². The number of nitrogens with zero attached hydrogens (tertiary/aromatic N) is 1. The zero-order valence-electron chi connectivity index (χ0n) is 29.8. The number of nitrogens with one attached hydrogen (secondary N) is 2. The molecule has 2 amide bonds. The van der Waals surface area contributed by atoms with Crippen molar-refractivity contribution in [1.82, 2.24) is 14.9 Å². The van der Waals surface area contributed by atoms with E-state index in [9.17, 15) is 23.1 Å². The maximum Gasteiger partial charge on any atom is 0.407 e. The Bertz CT molecular complexity index is 1820. The first-order valence-electron chi connectivity index (χ1n) is 17.4. The molecule has 15 nitrogen and oxygen atoms in total. The Hall–Kier alpha value is -4.61. The molecule has 0 aliphatic carbocycles. The highest BCUT2D eigenvalue weighted by Gasteiger charge is 2.44. The average Bonchev–Trinajstić information content (AvgIpc) is 3.90. The third-order valence-electron chi connectivity index (χ3n) is 9.11. The number of benzene rings is 3. The van der Waals surface area contributed by atoms with Crippen molar-refractivity contribution in [1.29, 1.82) is 0 Å². The minimum Gasteiger partial charge on any atom is -0.457 e. The normalized spacial score (nSPS) is 20.2. The van der Waals surface area contributed by atoms with E-state index in [1.807, 2.05) is 26.0 Å². The molecule has 53 heavy (non-hydrogen) atoms. The third-order valence-corrected chi connectivity index (χ3v) is 10.9. The number of carbonyl (C=O) groups excluding carboxylic acids is 2. The van der Waals surface area contributed by atoms with Crippen LogP contribution in [0, 0.1) is 11.8 Å². The largest absolute Gasteiger partial charge is 0.457 e. The van der Waals surface area contributed by atoms with Gasteiger partial charge in [-0.05, 0) is 66.3 Å². The molecule has 3 aliphatic rings. The van der Waals surface area contributed by atoms with Crippen LogP contribution < -0.4 is 24.8 Å². The standard InChI is InChI=1S/C37H45N3O12S/c1-23(2)19-40(53(44,45)28-12-13-32-33(17-28)50-22-49-32)20-31(41)30(39-37(43)52-34-21-48-35-29(34)14-15-47-35)16-24-4-8-26(9-5-24)51-27-10-6-25(7-11-27)18-38-36(42)46-3/h4-13,17,23,29-31,34-35,41H,14-16,18-22H2,1-3H3,(H,38,42)(H,39,43)/t29-,30-,31+,34-,35+/m0/s1. The summed E-state index contributed by atoms with van der Waals surface area (Å²) in [4.78, 5) is 24.7. The minimum absolute atomic E-state index is 0.00354. The van der Waals surface area contributed by atoms with Crippen LogP contribution in [0.5, 0.6) is 23.0 Å². The van der Waals surface area contributed by atoms with Gasteiger partial charge in [0.25, 0.3) is 0 Å². The molecular formula is C37H45N3O12S. The first kappa shape index (κ1) is 38.1. The number of aliphatic hydroxyl groups excluding tert-OH is 1. The molecule has 0 radical (unpaired) electrons. The number of alkyl carbamates (subject to hydrolysis) is 2. The van der Waals surface area contributed by atoms with E-state index in [0.717, 1.165) is 11.1 Å². The van der Waals surface area contributed by atoms with Gasteiger partial charge in [-0.15, -0.1) is 0 Å². The van der Waals surface area contributed by atoms with E-state index in [1.54, 1.807) is 42.5 Å². The van der Waals surface area contributed by atoms with E-state index in [2.05, 4.69) is 15.4 Å². The number of hydrogen-bond donors (Lipinski definition) is 3. The van der Waals surface area contributed by atoms with Crippen molar-refractivity contribution in [3.05, 3.63) is 77.9 Å². The van der Waals surface area contributed by atoms with Crippen LogP contribution in [0.4, 0.5) is 9.59 Å². The van der Waals surface area contributed by atoms with Gasteiger partial charge in [-0.1, -0.05) is 38.1 Å². The van der Waals surface area contributed by atoms with Gasteiger partial charge in [-0.25, -0.2) is 18.0 Å². The van der Waals surface area contributed by atoms with Gasteiger partial charge in [0, 0.05) is 25.7 Å². The predicted octanol–water partition coefficient (Wildman–Crippen LogP) is 4.17. The van der Waals surface area contributed by atoms with Crippen molar-refractivity contribution >= 4 is 22.2 Å². The van der Waals surface area contributed by atoms with Crippen molar-refractivity contribution in [2.24, 2.45) is 11.8 Å². The van der Waals surface area contributed by atoms with Crippen LogP contribution in [0.3, 0.4) is 0 Å². The molecule has 3 aromatic carbocycles. The summed E-state index contributed by atoms with van der Waals surface area (Å²) in [7, 11) is -2.80. The van der Waals surface area contributed by atoms with Gasteiger partial charge in [-0.2, -0.15) is 4.31 Å². The molecule has 0 unspecified atom stereocenters. The molecule has 5 atom stereocenters. The van der Waals surface area contributed by atoms with Gasteiger partial charge in [0.2, 0.25) is 16.8 Å². The maximum atomic E-state index is 14.0. The number of methoxy groups -OCH3 is 1. The number of carbonyl (C=O) groups is 2. The van der Waals surface area contributed by atoms with Gasteiger partial charge >= 0.3 is 12.2 Å². The summed E-state index contributed by atoms with van der Waals surface area (Å²) in [6.45, 7) is 4.58. The second kappa shape index (κ2) is 17.0. The Labute approximate surface area is 308 Å². The number of amides is 2. The van der Waals surface area contributed by atoms with Crippen LogP contribution in [0.25, 0.3) is 0 Å². The van der Waals surface area contributed by atoms with E-state index in [-0.39, 0.29) is 49.6 Å². The Balaban J connectivity index is 1.16. The van der Waals surface area contributed by atoms with E-state index < -0.39 is 46.7 Å². The lowest BCUT2D eigenvalue weighted by molar-refractivity contribution is -0.0907. The van der Waals surface area contributed by atoms with Crippen LogP contribution >= 0.6 is 0 Å². The fraction of sp³-hybridized carbons (Fsp3) is 0.459. The van der Waals surface area contributed by atoms with E-state index in [1.165, 1.54) is 23.5 Å². The van der Waals surface area contributed by atoms with Crippen LogP contribution in [-0.4, -0.2) is 94.8 Å². The van der Waals surface area contributed by atoms with Gasteiger partial charge in [0.15, 0.2) is 17.8 Å². The second-order valence-electron chi connectivity index (χ2n) is 13.5. The first-order valence-corrected chi connectivity index (χ1v) is 18.9. The van der Waals surface area contributed by atoms with Crippen molar-refractivity contribution in [2.45, 2.75) is 62.7 Å². The van der Waals surface area contributed by atoms with Gasteiger partial charge in [0.1, 0.15) is 17.6 Å². The molecule has 0 aromatic heterocycles. The highest BCUT2D eigenvalue weighted by atomic mass is 32.2. The monoisotopic (exact) mass is 755 g/mol. The first-order chi connectivity index (χ1) is 25.5. The number of rotatable bonds is 15. The molecule has 286 valence electrons. The lowest BCUT2D eigenvalue weighted by Crippen LogP contribution is -2.51. The summed E-state index contributed by atoms with van der Waals surface area (Å²) in [6, 6.07) is 17.8. The smallest absolute Gasteiger partial charge is 0.407 e. The fourth-order valence-corrected chi connectivity index (χ4v) is 8.00. The summed E-state index contributed by atoms with van der Waals surface area (Å²) in [5.74, 6) is 1.73. The molecule has 0 bridgehead atoms. The summed E-state index contributed by atoms with van der Waals surface area (Å²) >= 11 is 0. The van der Waals surface area contributed by atoms with E-state index in [4.69, 9.17) is 28.4 Å². The van der Waals surface area contributed by atoms with Gasteiger partial charge in [0.05, 0.1) is 43.3 Å². The number of ether oxygens (including phenoxy) is 7. The summed E-state index contributed by atoms with van der Waals surface area (Å²) in [5.41, 5.74) is 1.61. The molecule has 3 aliphatic heterocycles. The van der Waals surface area contributed by atoms with Crippen molar-refractivity contribution in [2.75, 3.05) is 40.2 Å². The van der Waals surface area contributed by atoms with Crippen LogP contribution in [-0.2, 0) is 41.9 Å². The van der Waals surface area contributed by atoms with Crippen LogP contribution in [0.2, 0.25) is 0 Å². The van der Waals surface area contributed by atoms with Gasteiger partial charge in [-0.3, -0.25) is 0 Å². The zero-order chi connectivity index (χ0) is 37.5. The Morgan fingerprint density at radius 3 is 2.32 bits per heavy atom. The van der Waals surface area contributed by atoms with Gasteiger partial charge < -0.3 is 48.9 Å². The molecule has 0 saturated carbocycles. The van der Waals surface area contributed by atoms with Crippen LogP contribution in [0.15, 0.2) is 71.6 Å². The molecule has 16 heteroatoms. The average molecular weight is 756 g/mol. The number of sulfonamides is 1. The Morgan fingerprint density at radius 2 is 1.62 bits per heavy atom. The number of hydrogen-bond acceptors (Lipinski definition) is 12. The summed E-state index contributed by atoms with van der Waals surface area (Å²) in [6.07, 6.45) is -2.70.